The SMILES string of the molecule is O=C(CCOc1ccccc1)c1cccc(OC2CC2)c1. The van der Waals surface area contributed by atoms with Gasteiger partial charge in [-0.2, -0.15) is 0 Å². The van der Waals surface area contributed by atoms with Crippen molar-refractivity contribution in [2.75, 3.05) is 6.61 Å². The van der Waals surface area contributed by atoms with Crippen LogP contribution in [0.1, 0.15) is 29.6 Å². The van der Waals surface area contributed by atoms with Crippen molar-refractivity contribution in [3.63, 3.8) is 0 Å². The van der Waals surface area contributed by atoms with Gasteiger partial charge in [0.1, 0.15) is 11.5 Å². The Balaban J connectivity index is 1.52. The van der Waals surface area contributed by atoms with Gasteiger partial charge in [-0.3, -0.25) is 4.79 Å². The lowest BCUT2D eigenvalue weighted by atomic mass is 10.1. The van der Waals surface area contributed by atoms with E-state index in [1.54, 1.807) is 0 Å². The first-order chi connectivity index (χ1) is 10.3. The van der Waals surface area contributed by atoms with Crippen molar-refractivity contribution >= 4 is 5.78 Å². The van der Waals surface area contributed by atoms with Crippen LogP contribution >= 0.6 is 0 Å². The highest BCUT2D eigenvalue weighted by molar-refractivity contribution is 5.96. The highest BCUT2D eigenvalue weighted by Crippen LogP contribution is 2.27. The highest BCUT2D eigenvalue weighted by atomic mass is 16.5. The maximum Gasteiger partial charge on any atom is 0.166 e. The zero-order valence-electron chi connectivity index (χ0n) is 11.8. The lowest BCUT2D eigenvalue weighted by Gasteiger charge is -2.07. The highest BCUT2D eigenvalue weighted by Gasteiger charge is 2.23. The summed E-state index contributed by atoms with van der Waals surface area (Å²) in [6.07, 6.45) is 2.94. The third kappa shape index (κ3) is 4.09. The predicted octanol–water partition coefficient (Wildman–Crippen LogP) is 3.88. The molecule has 21 heavy (non-hydrogen) atoms. The van der Waals surface area contributed by atoms with E-state index in [-0.39, 0.29) is 5.78 Å². The van der Waals surface area contributed by atoms with Gasteiger partial charge in [-0.05, 0) is 37.1 Å². The minimum atomic E-state index is 0.0761. The first-order valence-corrected chi connectivity index (χ1v) is 7.29. The Hall–Kier alpha value is -2.29. The van der Waals surface area contributed by atoms with Crippen LogP contribution in [0, 0.1) is 0 Å². The number of Topliss-reactive ketones (excluding diaryl/α,β-unsaturated/α-hetero) is 1. The maximum atomic E-state index is 12.2. The van der Waals surface area contributed by atoms with Crippen LogP contribution in [-0.4, -0.2) is 18.5 Å². The van der Waals surface area contributed by atoms with Crippen LogP contribution in [0.15, 0.2) is 54.6 Å². The quantitative estimate of drug-likeness (QED) is 0.723. The molecular formula is C18H18O3. The summed E-state index contributed by atoms with van der Waals surface area (Å²) < 4.78 is 11.3. The third-order valence-corrected chi connectivity index (χ3v) is 3.32. The Labute approximate surface area is 124 Å². The molecule has 0 radical (unpaired) electrons. The van der Waals surface area contributed by atoms with E-state index in [4.69, 9.17) is 9.47 Å². The van der Waals surface area contributed by atoms with Crippen molar-refractivity contribution in [2.24, 2.45) is 0 Å². The summed E-state index contributed by atoms with van der Waals surface area (Å²) in [5, 5.41) is 0. The van der Waals surface area contributed by atoms with Crippen LogP contribution in [0.3, 0.4) is 0 Å². The molecular weight excluding hydrogens is 264 g/mol. The summed E-state index contributed by atoms with van der Waals surface area (Å²) in [5.41, 5.74) is 0.685. The number of carbonyl (C=O) groups excluding carboxylic acids is 1. The Kier molecular flexibility index (Phi) is 4.20. The van der Waals surface area contributed by atoms with Crippen LogP contribution in [0.5, 0.6) is 11.5 Å². The van der Waals surface area contributed by atoms with E-state index in [1.165, 1.54) is 0 Å². The summed E-state index contributed by atoms with van der Waals surface area (Å²) in [6, 6.07) is 16.9. The molecule has 0 unspecified atom stereocenters. The number of hydrogen-bond acceptors (Lipinski definition) is 3. The molecule has 1 fully saturated rings. The van der Waals surface area contributed by atoms with Crippen LogP contribution in [0.25, 0.3) is 0 Å². The van der Waals surface area contributed by atoms with Crippen LogP contribution in [0.4, 0.5) is 0 Å². The largest absolute Gasteiger partial charge is 0.493 e. The number of benzene rings is 2. The Bertz CT molecular complexity index is 603. The molecule has 0 atom stereocenters. The second-order valence-electron chi connectivity index (χ2n) is 5.18. The van der Waals surface area contributed by atoms with Crippen molar-refractivity contribution in [3.05, 3.63) is 60.2 Å². The Morgan fingerprint density at radius 1 is 1.00 bits per heavy atom. The van der Waals surface area contributed by atoms with Gasteiger partial charge in [-0.1, -0.05) is 30.3 Å². The van der Waals surface area contributed by atoms with Crippen molar-refractivity contribution in [1.82, 2.24) is 0 Å². The summed E-state index contributed by atoms with van der Waals surface area (Å²) in [6.45, 7) is 0.385. The molecule has 1 aliphatic carbocycles. The maximum absolute atomic E-state index is 12.2. The number of para-hydroxylation sites is 1. The van der Waals surface area contributed by atoms with Gasteiger partial charge in [-0.15, -0.1) is 0 Å². The predicted molar refractivity (Wildman–Crippen MR) is 81.0 cm³/mol. The topological polar surface area (TPSA) is 35.5 Å². The van der Waals surface area contributed by atoms with Gasteiger partial charge in [0.2, 0.25) is 0 Å². The smallest absolute Gasteiger partial charge is 0.166 e. The van der Waals surface area contributed by atoms with Gasteiger partial charge in [0.15, 0.2) is 5.78 Å². The minimum absolute atomic E-state index is 0.0761. The number of ketones is 1. The first-order valence-electron chi connectivity index (χ1n) is 7.29. The van der Waals surface area contributed by atoms with Gasteiger partial charge in [0, 0.05) is 12.0 Å². The standard InChI is InChI=1S/C18H18O3/c19-18(11-12-20-15-6-2-1-3-7-15)14-5-4-8-17(13-14)21-16-9-10-16/h1-8,13,16H,9-12H2. The van der Waals surface area contributed by atoms with Crippen molar-refractivity contribution in [2.45, 2.75) is 25.4 Å². The van der Waals surface area contributed by atoms with Crippen LogP contribution in [0.2, 0.25) is 0 Å². The van der Waals surface area contributed by atoms with E-state index in [0.717, 1.165) is 24.3 Å². The van der Waals surface area contributed by atoms with Gasteiger partial charge in [0.25, 0.3) is 0 Å². The molecule has 0 bridgehead atoms. The average Bonchev–Trinajstić information content (AvgIpc) is 3.32. The molecule has 0 spiro atoms. The number of carbonyl (C=O) groups is 1. The van der Waals surface area contributed by atoms with Gasteiger partial charge >= 0.3 is 0 Å². The number of rotatable bonds is 7. The normalized spacial score (nSPS) is 13.7. The number of hydrogen-bond donors (Lipinski definition) is 0. The van der Waals surface area contributed by atoms with E-state index in [2.05, 4.69) is 0 Å². The zero-order valence-corrected chi connectivity index (χ0v) is 11.8. The molecule has 0 heterocycles. The summed E-state index contributed by atoms with van der Waals surface area (Å²) in [7, 11) is 0. The van der Waals surface area contributed by atoms with E-state index < -0.39 is 0 Å². The molecule has 3 heteroatoms. The molecule has 3 rings (SSSR count). The molecule has 2 aromatic rings. The second kappa shape index (κ2) is 6.44. The lowest BCUT2D eigenvalue weighted by molar-refractivity contribution is 0.0961. The Morgan fingerprint density at radius 2 is 1.76 bits per heavy atom. The molecule has 1 aliphatic rings. The minimum Gasteiger partial charge on any atom is -0.493 e. The molecule has 0 aliphatic heterocycles. The van der Waals surface area contributed by atoms with Crippen LogP contribution < -0.4 is 9.47 Å². The molecule has 3 nitrogen and oxygen atoms in total. The molecule has 108 valence electrons. The fourth-order valence-corrected chi connectivity index (χ4v) is 2.04. The van der Waals surface area contributed by atoms with Gasteiger partial charge in [0.05, 0.1) is 12.7 Å². The molecule has 0 saturated heterocycles. The third-order valence-electron chi connectivity index (χ3n) is 3.32. The monoisotopic (exact) mass is 282 g/mol. The molecule has 2 aromatic carbocycles. The lowest BCUT2D eigenvalue weighted by Crippen LogP contribution is -2.07. The van der Waals surface area contributed by atoms with Crippen molar-refractivity contribution in [1.29, 1.82) is 0 Å². The van der Waals surface area contributed by atoms with E-state index >= 15 is 0 Å². The summed E-state index contributed by atoms with van der Waals surface area (Å²) >= 11 is 0. The van der Waals surface area contributed by atoms with Crippen molar-refractivity contribution < 1.29 is 14.3 Å². The van der Waals surface area contributed by atoms with Gasteiger partial charge < -0.3 is 9.47 Å². The molecule has 0 aromatic heterocycles. The zero-order chi connectivity index (χ0) is 14.5. The summed E-state index contributed by atoms with van der Waals surface area (Å²) in [5.74, 6) is 1.65. The Morgan fingerprint density at radius 3 is 2.52 bits per heavy atom. The number of ether oxygens (including phenoxy) is 2. The molecule has 0 amide bonds. The summed E-state index contributed by atoms with van der Waals surface area (Å²) in [4.78, 5) is 12.2. The van der Waals surface area contributed by atoms with Gasteiger partial charge in [-0.25, -0.2) is 0 Å². The van der Waals surface area contributed by atoms with Crippen molar-refractivity contribution in [3.8, 4) is 11.5 Å². The average molecular weight is 282 g/mol. The fraction of sp³-hybridized carbons (Fsp3) is 0.278. The van der Waals surface area contributed by atoms with E-state index in [9.17, 15) is 4.79 Å². The molecule has 0 N–H and O–H groups in total. The van der Waals surface area contributed by atoms with Crippen LogP contribution in [-0.2, 0) is 0 Å². The fourth-order valence-electron chi connectivity index (χ4n) is 2.04. The first kappa shape index (κ1) is 13.7. The van der Waals surface area contributed by atoms with E-state index in [0.29, 0.717) is 24.7 Å². The molecule has 1 saturated carbocycles. The van der Waals surface area contributed by atoms with E-state index in [1.807, 2.05) is 54.6 Å². The second-order valence-corrected chi connectivity index (χ2v) is 5.18.